The molecule has 0 spiro atoms. The SMILES string of the molecule is O=S(=O)(N/N=C/c1cccc(OCc2cccc3ccccc23)c1)c1ccccc1. The first-order chi connectivity index (χ1) is 14.6. The van der Waals surface area contributed by atoms with Crippen LogP contribution in [0.4, 0.5) is 0 Å². The topological polar surface area (TPSA) is 67.8 Å². The molecule has 0 heterocycles. The number of sulfonamides is 1. The molecule has 4 aromatic carbocycles. The van der Waals surface area contributed by atoms with Gasteiger partial charge in [0, 0.05) is 0 Å². The van der Waals surface area contributed by atoms with Crippen LogP contribution in [0.2, 0.25) is 0 Å². The number of nitrogens with one attached hydrogen (secondary N) is 1. The fourth-order valence-electron chi connectivity index (χ4n) is 3.09. The molecule has 5 nitrogen and oxygen atoms in total. The van der Waals surface area contributed by atoms with Crippen LogP contribution in [0.25, 0.3) is 10.8 Å². The number of benzene rings is 4. The van der Waals surface area contributed by atoms with Gasteiger partial charge in [-0.05, 0) is 46.2 Å². The van der Waals surface area contributed by atoms with Crippen molar-refractivity contribution in [3.63, 3.8) is 0 Å². The van der Waals surface area contributed by atoms with Gasteiger partial charge in [0.15, 0.2) is 0 Å². The van der Waals surface area contributed by atoms with E-state index in [1.54, 1.807) is 18.2 Å². The zero-order valence-electron chi connectivity index (χ0n) is 16.1. The van der Waals surface area contributed by atoms with Gasteiger partial charge >= 0.3 is 0 Å². The van der Waals surface area contributed by atoms with E-state index in [2.05, 4.69) is 28.1 Å². The Hall–Kier alpha value is -3.64. The van der Waals surface area contributed by atoms with Crippen LogP contribution < -0.4 is 9.57 Å². The molecular formula is C24H20N2O3S. The lowest BCUT2D eigenvalue weighted by molar-refractivity contribution is 0.307. The average Bonchev–Trinajstić information content (AvgIpc) is 2.78. The van der Waals surface area contributed by atoms with E-state index in [1.165, 1.54) is 23.7 Å². The number of ether oxygens (including phenoxy) is 1. The fourth-order valence-corrected chi connectivity index (χ4v) is 3.90. The maximum atomic E-state index is 12.2. The molecule has 0 radical (unpaired) electrons. The molecule has 0 bridgehead atoms. The first-order valence-corrected chi connectivity index (χ1v) is 10.9. The Morgan fingerprint density at radius 2 is 1.57 bits per heavy atom. The van der Waals surface area contributed by atoms with Crippen molar-refractivity contribution in [2.45, 2.75) is 11.5 Å². The van der Waals surface area contributed by atoms with Gasteiger partial charge in [0.05, 0.1) is 11.1 Å². The lowest BCUT2D eigenvalue weighted by atomic mass is 10.1. The van der Waals surface area contributed by atoms with Crippen molar-refractivity contribution in [1.29, 1.82) is 0 Å². The number of hydrazone groups is 1. The normalized spacial score (nSPS) is 11.6. The van der Waals surface area contributed by atoms with Crippen molar-refractivity contribution in [2.75, 3.05) is 0 Å². The molecule has 0 atom stereocenters. The lowest BCUT2D eigenvalue weighted by Crippen LogP contribution is -2.18. The highest BCUT2D eigenvalue weighted by Gasteiger charge is 2.11. The van der Waals surface area contributed by atoms with E-state index in [-0.39, 0.29) is 4.90 Å². The summed E-state index contributed by atoms with van der Waals surface area (Å²) in [5, 5.41) is 6.20. The Kier molecular flexibility index (Phi) is 5.77. The Morgan fingerprint density at radius 3 is 2.43 bits per heavy atom. The van der Waals surface area contributed by atoms with Gasteiger partial charge in [-0.25, -0.2) is 4.83 Å². The Labute approximate surface area is 175 Å². The van der Waals surface area contributed by atoms with E-state index < -0.39 is 10.0 Å². The molecule has 4 aromatic rings. The molecule has 0 aliphatic rings. The second kappa shape index (κ2) is 8.80. The molecule has 0 saturated heterocycles. The van der Waals surface area contributed by atoms with Crippen LogP contribution in [-0.4, -0.2) is 14.6 Å². The minimum atomic E-state index is -3.69. The minimum absolute atomic E-state index is 0.161. The van der Waals surface area contributed by atoms with E-state index in [4.69, 9.17) is 4.74 Å². The van der Waals surface area contributed by atoms with Crippen LogP contribution in [0.3, 0.4) is 0 Å². The van der Waals surface area contributed by atoms with Crippen molar-refractivity contribution in [3.8, 4) is 5.75 Å². The number of hydrogen-bond acceptors (Lipinski definition) is 4. The maximum Gasteiger partial charge on any atom is 0.276 e. The molecule has 0 fully saturated rings. The molecule has 0 saturated carbocycles. The highest BCUT2D eigenvalue weighted by molar-refractivity contribution is 7.89. The number of fused-ring (bicyclic) bond motifs is 1. The third kappa shape index (κ3) is 4.67. The summed E-state index contributed by atoms with van der Waals surface area (Å²) in [7, 11) is -3.69. The average molecular weight is 417 g/mol. The third-order valence-corrected chi connectivity index (χ3v) is 5.81. The van der Waals surface area contributed by atoms with Gasteiger partial charge in [0.25, 0.3) is 10.0 Å². The maximum absolute atomic E-state index is 12.2. The van der Waals surface area contributed by atoms with E-state index in [9.17, 15) is 8.42 Å². The molecular weight excluding hydrogens is 396 g/mol. The Balaban J connectivity index is 1.43. The van der Waals surface area contributed by atoms with Crippen LogP contribution in [0.1, 0.15) is 11.1 Å². The molecule has 150 valence electrons. The van der Waals surface area contributed by atoms with E-state index in [0.717, 1.165) is 16.5 Å². The smallest absolute Gasteiger partial charge is 0.276 e. The quantitative estimate of drug-likeness (QED) is 0.350. The van der Waals surface area contributed by atoms with Crippen LogP contribution in [0.5, 0.6) is 5.75 Å². The predicted molar refractivity (Wildman–Crippen MR) is 119 cm³/mol. The van der Waals surface area contributed by atoms with Crippen LogP contribution in [0, 0.1) is 0 Å². The van der Waals surface area contributed by atoms with Crippen LogP contribution in [0.15, 0.2) is 107 Å². The van der Waals surface area contributed by atoms with E-state index in [1.807, 2.05) is 48.5 Å². The fraction of sp³-hybridized carbons (Fsp3) is 0.0417. The summed E-state index contributed by atoms with van der Waals surface area (Å²) < 4.78 is 30.4. The summed E-state index contributed by atoms with van der Waals surface area (Å²) in [6.45, 7) is 0.433. The number of hydrogen-bond donors (Lipinski definition) is 1. The first-order valence-electron chi connectivity index (χ1n) is 9.41. The molecule has 0 unspecified atom stereocenters. The van der Waals surface area contributed by atoms with Crippen molar-refractivity contribution in [3.05, 3.63) is 108 Å². The molecule has 30 heavy (non-hydrogen) atoms. The molecule has 0 amide bonds. The number of rotatable bonds is 7. The second-order valence-electron chi connectivity index (χ2n) is 6.67. The van der Waals surface area contributed by atoms with Crippen LogP contribution >= 0.6 is 0 Å². The summed E-state index contributed by atoms with van der Waals surface area (Å²) in [6.07, 6.45) is 1.45. The minimum Gasteiger partial charge on any atom is -0.489 e. The van der Waals surface area contributed by atoms with Gasteiger partial charge in [-0.1, -0.05) is 72.8 Å². The lowest BCUT2D eigenvalue weighted by Gasteiger charge is -2.09. The van der Waals surface area contributed by atoms with Gasteiger partial charge in [0.2, 0.25) is 0 Å². The highest BCUT2D eigenvalue weighted by Crippen LogP contribution is 2.21. The van der Waals surface area contributed by atoms with Gasteiger partial charge in [-0.15, -0.1) is 0 Å². The summed E-state index contributed by atoms with van der Waals surface area (Å²) in [5.41, 5.74) is 1.82. The monoisotopic (exact) mass is 416 g/mol. The zero-order valence-corrected chi connectivity index (χ0v) is 16.9. The third-order valence-electron chi connectivity index (χ3n) is 4.57. The molecule has 4 rings (SSSR count). The molecule has 0 aromatic heterocycles. The van der Waals surface area contributed by atoms with E-state index >= 15 is 0 Å². The van der Waals surface area contributed by atoms with Crippen molar-refractivity contribution in [1.82, 2.24) is 4.83 Å². The molecule has 0 aliphatic carbocycles. The summed E-state index contributed by atoms with van der Waals surface area (Å²) in [4.78, 5) is 2.38. The summed E-state index contributed by atoms with van der Waals surface area (Å²) >= 11 is 0. The van der Waals surface area contributed by atoms with Gasteiger partial charge < -0.3 is 4.74 Å². The number of nitrogens with zero attached hydrogens (tertiary/aromatic N) is 1. The van der Waals surface area contributed by atoms with Gasteiger partial charge in [-0.2, -0.15) is 13.5 Å². The summed E-state index contributed by atoms with van der Waals surface area (Å²) in [6, 6.07) is 29.8. The van der Waals surface area contributed by atoms with Crippen molar-refractivity contribution in [2.24, 2.45) is 5.10 Å². The highest BCUT2D eigenvalue weighted by atomic mass is 32.2. The van der Waals surface area contributed by atoms with Crippen LogP contribution in [-0.2, 0) is 16.6 Å². The molecule has 1 N–H and O–H groups in total. The zero-order chi connectivity index (χ0) is 20.8. The standard InChI is InChI=1S/C24H20N2O3S/c27-30(28,23-13-2-1-3-14-23)26-25-17-19-8-6-12-22(16-19)29-18-21-11-7-10-20-9-4-5-15-24(20)21/h1-17,26H,18H2/b25-17+. The first kappa shape index (κ1) is 19.7. The van der Waals surface area contributed by atoms with Gasteiger partial charge in [0.1, 0.15) is 12.4 Å². The largest absolute Gasteiger partial charge is 0.489 e. The van der Waals surface area contributed by atoms with Gasteiger partial charge in [-0.3, -0.25) is 0 Å². The molecule has 6 heteroatoms. The Morgan fingerprint density at radius 1 is 0.833 bits per heavy atom. The Bertz CT molecular complexity index is 1280. The predicted octanol–water partition coefficient (Wildman–Crippen LogP) is 4.73. The van der Waals surface area contributed by atoms with E-state index in [0.29, 0.717) is 12.4 Å². The summed E-state index contributed by atoms with van der Waals surface area (Å²) in [5.74, 6) is 0.679. The van der Waals surface area contributed by atoms with Crippen molar-refractivity contribution >= 4 is 27.0 Å². The van der Waals surface area contributed by atoms with Crippen molar-refractivity contribution < 1.29 is 13.2 Å². The second-order valence-corrected chi connectivity index (χ2v) is 8.33. The molecule has 0 aliphatic heterocycles.